The normalized spacial score (nSPS) is 12.7. The maximum atomic E-state index is 11.9. The molecule has 0 bridgehead atoms. The quantitative estimate of drug-likeness (QED) is 0.782. The van der Waals surface area contributed by atoms with Crippen molar-refractivity contribution >= 4 is 6.09 Å². The molecule has 0 spiro atoms. The second-order valence-electron chi connectivity index (χ2n) is 4.01. The van der Waals surface area contributed by atoms with Crippen LogP contribution >= 0.6 is 0 Å². The fourth-order valence-corrected chi connectivity index (χ4v) is 1.69. The summed E-state index contributed by atoms with van der Waals surface area (Å²) < 4.78 is 6.48. The largest absolute Gasteiger partial charge is 0.437 e. The molecule has 0 saturated heterocycles. The topological polar surface area (TPSA) is 57.0 Å². The maximum Gasteiger partial charge on any atom is 0.437 e. The summed E-state index contributed by atoms with van der Waals surface area (Å²) in [5.41, 5.74) is 1.57. The molecule has 2 heterocycles. The zero-order valence-corrected chi connectivity index (χ0v) is 10.4. The Morgan fingerprint density at radius 2 is 2.15 bits per heavy atom. The van der Waals surface area contributed by atoms with E-state index in [0.717, 1.165) is 5.56 Å². The van der Waals surface area contributed by atoms with Crippen molar-refractivity contribution in [2.24, 2.45) is 0 Å². The highest BCUT2D eigenvalue weighted by atomic mass is 16.6. The first-order valence-electron chi connectivity index (χ1n) is 5.95. The second-order valence-corrected chi connectivity index (χ2v) is 4.01. The summed E-state index contributed by atoms with van der Waals surface area (Å²) in [5.74, 6) is 0.441. The fraction of sp³-hybridized carbons (Fsp3) is 0. The van der Waals surface area contributed by atoms with Crippen LogP contribution in [0.15, 0.2) is 67.1 Å². The molecule has 3 rings (SSSR count). The molecule has 1 aliphatic rings. The van der Waals surface area contributed by atoms with Gasteiger partial charge in [0.05, 0.1) is 17.8 Å². The maximum absolute atomic E-state index is 11.9. The van der Waals surface area contributed by atoms with Crippen LogP contribution in [0.25, 0.3) is 11.3 Å². The number of hydrogen-bond donors (Lipinski definition) is 0. The van der Waals surface area contributed by atoms with Gasteiger partial charge in [0.2, 0.25) is 5.76 Å². The Morgan fingerprint density at radius 1 is 1.30 bits per heavy atom. The minimum atomic E-state index is -0.516. The number of nitrogens with zero attached hydrogens (tertiary/aromatic N) is 3. The Hall–Kier alpha value is -3.04. The van der Waals surface area contributed by atoms with Gasteiger partial charge in [-0.25, -0.2) is 14.3 Å². The minimum absolute atomic E-state index is 0.441. The Balaban J connectivity index is 1.77. The Kier molecular flexibility index (Phi) is 3.18. The monoisotopic (exact) mass is 264 g/mol. The molecule has 0 fully saturated rings. The minimum Gasteiger partial charge on any atom is -0.343 e. The molecule has 5 nitrogen and oxygen atoms in total. The molecule has 1 aliphatic carbocycles. The molecule has 0 radical (unpaired) electrons. The Bertz CT molecular complexity index is 712. The number of imidazole rings is 1. The van der Waals surface area contributed by atoms with Gasteiger partial charge in [0.25, 0.3) is 0 Å². The summed E-state index contributed by atoms with van der Waals surface area (Å²) in [4.78, 5) is 20.0. The molecule has 0 aromatic carbocycles. The third kappa shape index (κ3) is 2.53. The summed E-state index contributed by atoms with van der Waals surface area (Å²) in [5, 5.41) is 0. The summed E-state index contributed by atoms with van der Waals surface area (Å²) in [6, 6.07) is 3.65. The van der Waals surface area contributed by atoms with Crippen LogP contribution < -0.4 is 0 Å². The molecule has 0 amide bonds. The lowest BCUT2D eigenvalue weighted by Gasteiger charge is -1.99. The van der Waals surface area contributed by atoms with Gasteiger partial charge >= 0.3 is 6.09 Å². The Morgan fingerprint density at radius 3 is 2.90 bits per heavy atom. The van der Waals surface area contributed by atoms with Crippen LogP contribution in [0, 0.1) is 6.08 Å². The van der Waals surface area contributed by atoms with Crippen LogP contribution in [0.4, 0.5) is 4.79 Å². The molecule has 0 saturated carbocycles. The lowest BCUT2D eigenvalue weighted by molar-refractivity contribution is 0.181. The molecule has 0 aliphatic heterocycles. The van der Waals surface area contributed by atoms with Gasteiger partial charge in [-0.1, -0.05) is 0 Å². The third-order valence-electron chi connectivity index (χ3n) is 2.65. The van der Waals surface area contributed by atoms with E-state index in [1.165, 1.54) is 10.9 Å². The van der Waals surface area contributed by atoms with E-state index in [9.17, 15) is 4.79 Å². The van der Waals surface area contributed by atoms with E-state index in [1.807, 2.05) is 12.1 Å². The lowest BCUT2D eigenvalue weighted by Crippen LogP contribution is -2.11. The van der Waals surface area contributed by atoms with Gasteiger partial charge in [0.1, 0.15) is 18.5 Å². The number of carbonyl (C=O) groups is 1. The van der Waals surface area contributed by atoms with E-state index >= 15 is 0 Å². The molecule has 2 aromatic rings. The highest BCUT2D eigenvalue weighted by Gasteiger charge is 2.14. The van der Waals surface area contributed by atoms with Crippen molar-refractivity contribution < 1.29 is 9.53 Å². The molecule has 0 unspecified atom stereocenters. The van der Waals surface area contributed by atoms with Crippen molar-refractivity contribution in [3.05, 3.63) is 73.2 Å². The van der Waals surface area contributed by atoms with E-state index in [1.54, 1.807) is 42.9 Å². The molecular formula is C15H10N3O2+. The van der Waals surface area contributed by atoms with Gasteiger partial charge in [0.15, 0.2) is 0 Å². The smallest absolute Gasteiger partial charge is 0.343 e. The van der Waals surface area contributed by atoms with Crippen molar-refractivity contribution in [1.82, 2.24) is 14.5 Å². The lowest BCUT2D eigenvalue weighted by atomic mass is 10.2. The molecule has 0 atom stereocenters. The van der Waals surface area contributed by atoms with E-state index < -0.39 is 6.09 Å². The first-order chi connectivity index (χ1) is 9.83. The van der Waals surface area contributed by atoms with Crippen molar-refractivity contribution in [3.63, 3.8) is 0 Å². The number of hydrogen-bond acceptors (Lipinski definition) is 4. The van der Waals surface area contributed by atoms with E-state index in [4.69, 9.17) is 4.74 Å². The first kappa shape index (κ1) is 12.0. The van der Waals surface area contributed by atoms with E-state index in [0.29, 0.717) is 11.5 Å². The predicted octanol–water partition coefficient (Wildman–Crippen LogP) is 2.74. The van der Waals surface area contributed by atoms with Crippen LogP contribution in [-0.2, 0) is 4.74 Å². The SMILES string of the molecule is O=C(OC1=CC=C[C+]=C1)n1cnc(-c2ccncc2)c1. The average Bonchev–Trinajstić information content (AvgIpc) is 2.99. The van der Waals surface area contributed by atoms with Crippen molar-refractivity contribution in [3.8, 4) is 11.3 Å². The number of aromatic nitrogens is 3. The highest BCUT2D eigenvalue weighted by Crippen LogP contribution is 2.16. The number of pyridine rings is 1. The zero-order chi connectivity index (χ0) is 13.8. The number of allylic oxidation sites excluding steroid dienone is 5. The summed E-state index contributed by atoms with van der Waals surface area (Å²) in [7, 11) is 0. The molecule has 20 heavy (non-hydrogen) atoms. The molecular weight excluding hydrogens is 254 g/mol. The Labute approximate surface area is 115 Å². The van der Waals surface area contributed by atoms with Gasteiger partial charge in [-0.15, -0.1) is 0 Å². The zero-order valence-electron chi connectivity index (χ0n) is 10.4. The molecule has 96 valence electrons. The van der Waals surface area contributed by atoms with Crippen LogP contribution in [0.3, 0.4) is 0 Å². The molecule has 5 heteroatoms. The van der Waals surface area contributed by atoms with Crippen LogP contribution in [-0.4, -0.2) is 20.6 Å². The van der Waals surface area contributed by atoms with Crippen LogP contribution in [0.1, 0.15) is 0 Å². The second kappa shape index (κ2) is 5.30. The van der Waals surface area contributed by atoms with Gasteiger partial charge in [0, 0.05) is 30.2 Å². The van der Waals surface area contributed by atoms with Gasteiger partial charge in [-0.05, 0) is 12.1 Å². The summed E-state index contributed by atoms with van der Waals surface area (Å²) >= 11 is 0. The van der Waals surface area contributed by atoms with Crippen LogP contribution in [0.2, 0.25) is 0 Å². The molecule has 0 N–H and O–H groups in total. The number of ether oxygens (including phenoxy) is 1. The molecule has 2 aromatic heterocycles. The van der Waals surface area contributed by atoms with Gasteiger partial charge in [-0.3, -0.25) is 4.98 Å². The third-order valence-corrected chi connectivity index (χ3v) is 2.65. The standard InChI is InChI=1S/C15H10N3O2/c19-15(20-13-4-2-1-3-5-13)18-10-14(17-11-18)12-6-8-16-9-7-12/h1-2,4-11H/q+1. The highest BCUT2D eigenvalue weighted by molar-refractivity contribution is 5.73. The average molecular weight is 264 g/mol. The predicted molar refractivity (Wildman–Crippen MR) is 72.4 cm³/mol. The number of carbonyl (C=O) groups excluding carboxylic acids is 1. The van der Waals surface area contributed by atoms with Crippen molar-refractivity contribution in [2.45, 2.75) is 0 Å². The van der Waals surface area contributed by atoms with Crippen molar-refractivity contribution in [1.29, 1.82) is 0 Å². The fourth-order valence-electron chi connectivity index (χ4n) is 1.69. The van der Waals surface area contributed by atoms with E-state index in [-0.39, 0.29) is 0 Å². The van der Waals surface area contributed by atoms with Crippen molar-refractivity contribution in [2.75, 3.05) is 0 Å². The van der Waals surface area contributed by atoms with Crippen LogP contribution in [0.5, 0.6) is 0 Å². The van der Waals surface area contributed by atoms with Gasteiger partial charge < -0.3 is 4.74 Å². The number of rotatable bonds is 2. The van der Waals surface area contributed by atoms with E-state index in [2.05, 4.69) is 16.0 Å². The summed E-state index contributed by atoms with van der Waals surface area (Å²) in [6.45, 7) is 0. The van der Waals surface area contributed by atoms with Gasteiger partial charge in [-0.2, -0.15) is 0 Å². The first-order valence-corrected chi connectivity index (χ1v) is 5.95. The summed E-state index contributed by atoms with van der Waals surface area (Å²) in [6.07, 6.45) is 15.5.